The highest BCUT2D eigenvalue weighted by Gasteiger charge is 2.23. The fourth-order valence-corrected chi connectivity index (χ4v) is 2.21. The second-order valence-electron chi connectivity index (χ2n) is 5.59. The van der Waals surface area contributed by atoms with Crippen molar-refractivity contribution in [3.63, 3.8) is 0 Å². The molecule has 2 aromatic rings. The van der Waals surface area contributed by atoms with Gasteiger partial charge in [0.1, 0.15) is 11.8 Å². The molecular weight excluding hydrogens is 290 g/mol. The fraction of sp³-hybridized carbons (Fsp3) is 0.222. The Morgan fingerprint density at radius 3 is 2.39 bits per heavy atom. The number of amides is 2. The minimum absolute atomic E-state index is 0.367. The average molecular weight is 309 g/mol. The highest BCUT2D eigenvalue weighted by molar-refractivity contribution is 5.91. The summed E-state index contributed by atoms with van der Waals surface area (Å²) in [7, 11) is 1.61. The zero-order valence-electron chi connectivity index (χ0n) is 13.4. The van der Waals surface area contributed by atoms with Gasteiger partial charge in [0.25, 0.3) is 0 Å². The Morgan fingerprint density at radius 2 is 1.78 bits per heavy atom. The van der Waals surface area contributed by atoms with Crippen LogP contribution in [0.25, 0.3) is 0 Å². The number of anilines is 1. The van der Waals surface area contributed by atoms with E-state index in [-0.39, 0.29) is 6.03 Å². The van der Waals surface area contributed by atoms with Gasteiger partial charge in [0.15, 0.2) is 0 Å². The first kappa shape index (κ1) is 16.4. The van der Waals surface area contributed by atoms with E-state index in [2.05, 4.69) is 16.7 Å². The molecule has 0 fully saturated rings. The third-order valence-corrected chi connectivity index (χ3v) is 3.53. The number of urea groups is 1. The van der Waals surface area contributed by atoms with Crippen molar-refractivity contribution < 1.29 is 9.53 Å². The van der Waals surface area contributed by atoms with E-state index in [4.69, 9.17) is 10.00 Å². The Bertz CT molecular complexity index is 731. The van der Waals surface area contributed by atoms with Crippen molar-refractivity contribution in [2.24, 2.45) is 0 Å². The molecule has 2 amide bonds. The summed E-state index contributed by atoms with van der Waals surface area (Å²) in [6.45, 7) is 3.81. The monoisotopic (exact) mass is 309 g/mol. The van der Waals surface area contributed by atoms with Gasteiger partial charge in [0, 0.05) is 0 Å². The molecule has 5 heteroatoms. The molecule has 0 bridgehead atoms. The van der Waals surface area contributed by atoms with Gasteiger partial charge in [-0.3, -0.25) is 0 Å². The predicted molar refractivity (Wildman–Crippen MR) is 89.3 cm³/mol. The summed E-state index contributed by atoms with van der Waals surface area (Å²) in [6.07, 6.45) is 0. The van der Waals surface area contributed by atoms with Gasteiger partial charge in [-0.15, -0.1) is 0 Å². The van der Waals surface area contributed by atoms with Crippen molar-refractivity contribution in [2.45, 2.75) is 19.4 Å². The van der Waals surface area contributed by atoms with Crippen LogP contribution in [0.4, 0.5) is 10.5 Å². The van der Waals surface area contributed by atoms with Crippen LogP contribution < -0.4 is 15.4 Å². The van der Waals surface area contributed by atoms with E-state index in [1.165, 1.54) is 0 Å². The Balaban J connectivity index is 2.10. The van der Waals surface area contributed by atoms with E-state index in [9.17, 15) is 4.79 Å². The van der Waals surface area contributed by atoms with Gasteiger partial charge in [-0.25, -0.2) is 4.79 Å². The largest absolute Gasteiger partial charge is 0.497 e. The van der Waals surface area contributed by atoms with Crippen molar-refractivity contribution in [1.29, 1.82) is 5.26 Å². The van der Waals surface area contributed by atoms with Crippen molar-refractivity contribution >= 4 is 11.7 Å². The number of benzene rings is 2. The lowest BCUT2D eigenvalue weighted by atomic mass is 9.94. The first-order chi connectivity index (χ1) is 11.0. The normalized spacial score (nSPS) is 10.5. The number of para-hydroxylation sites is 1. The maximum absolute atomic E-state index is 12.2. The zero-order chi connectivity index (χ0) is 16.9. The van der Waals surface area contributed by atoms with E-state index in [1.807, 2.05) is 38.1 Å². The number of carbonyl (C=O) groups is 1. The smallest absolute Gasteiger partial charge is 0.319 e. The summed E-state index contributed by atoms with van der Waals surface area (Å²) in [4.78, 5) is 12.2. The molecule has 23 heavy (non-hydrogen) atoms. The van der Waals surface area contributed by atoms with Gasteiger partial charge in [-0.05, 0) is 43.7 Å². The van der Waals surface area contributed by atoms with E-state index >= 15 is 0 Å². The third kappa shape index (κ3) is 4.01. The lowest BCUT2D eigenvalue weighted by Crippen LogP contribution is -2.43. The van der Waals surface area contributed by atoms with Gasteiger partial charge < -0.3 is 15.4 Å². The Hall–Kier alpha value is -3.00. The molecule has 0 heterocycles. The first-order valence-electron chi connectivity index (χ1n) is 7.19. The van der Waals surface area contributed by atoms with Crippen LogP contribution in [0.5, 0.6) is 5.75 Å². The minimum Gasteiger partial charge on any atom is -0.497 e. The molecule has 2 aromatic carbocycles. The van der Waals surface area contributed by atoms with Crippen molar-refractivity contribution in [3.8, 4) is 11.8 Å². The number of rotatable bonds is 4. The number of nitrogens with one attached hydrogen (secondary N) is 2. The quantitative estimate of drug-likeness (QED) is 0.905. The molecule has 118 valence electrons. The lowest BCUT2D eigenvalue weighted by molar-refractivity contribution is 0.242. The summed E-state index contributed by atoms with van der Waals surface area (Å²) >= 11 is 0. The highest BCUT2D eigenvalue weighted by atomic mass is 16.5. The summed E-state index contributed by atoms with van der Waals surface area (Å²) in [5.41, 5.74) is 1.28. The molecule has 2 N–H and O–H groups in total. The van der Waals surface area contributed by atoms with Crippen molar-refractivity contribution in [3.05, 3.63) is 59.7 Å². The van der Waals surface area contributed by atoms with E-state index < -0.39 is 5.54 Å². The Morgan fingerprint density at radius 1 is 1.13 bits per heavy atom. The molecule has 5 nitrogen and oxygen atoms in total. The Kier molecular flexibility index (Phi) is 4.87. The molecule has 0 atom stereocenters. The van der Waals surface area contributed by atoms with Crippen LogP contribution in [-0.2, 0) is 5.54 Å². The fourth-order valence-electron chi connectivity index (χ4n) is 2.21. The predicted octanol–water partition coefficient (Wildman–Crippen LogP) is 3.62. The van der Waals surface area contributed by atoms with E-state index in [1.54, 1.807) is 31.4 Å². The van der Waals surface area contributed by atoms with Crippen molar-refractivity contribution in [1.82, 2.24) is 5.32 Å². The topological polar surface area (TPSA) is 74.2 Å². The summed E-state index contributed by atoms with van der Waals surface area (Å²) in [6, 6.07) is 16.1. The molecule has 0 aliphatic carbocycles. The molecule has 0 unspecified atom stereocenters. The molecule has 0 aliphatic heterocycles. The molecule has 0 saturated carbocycles. The number of nitrogens with zero attached hydrogens (tertiary/aromatic N) is 1. The number of ether oxygens (including phenoxy) is 1. The summed E-state index contributed by atoms with van der Waals surface area (Å²) in [5.74, 6) is 0.761. The van der Waals surface area contributed by atoms with E-state index in [0.29, 0.717) is 11.3 Å². The summed E-state index contributed by atoms with van der Waals surface area (Å²) < 4.78 is 5.14. The maximum atomic E-state index is 12.2. The number of carbonyl (C=O) groups excluding carboxylic acids is 1. The molecular formula is C18H19N3O2. The highest BCUT2D eigenvalue weighted by Crippen LogP contribution is 2.23. The van der Waals surface area contributed by atoms with Gasteiger partial charge >= 0.3 is 6.03 Å². The number of hydrogen-bond acceptors (Lipinski definition) is 3. The van der Waals surface area contributed by atoms with Crippen LogP contribution in [0.2, 0.25) is 0 Å². The molecule has 0 aromatic heterocycles. The number of hydrogen-bond donors (Lipinski definition) is 2. The van der Waals surface area contributed by atoms with Crippen LogP contribution >= 0.6 is 0 Å². The summed E-state index contributed by atoms with van der Waals surface area (Å²) in [5, 5.41) is 14.7. The van der Waals surface area contributed by atoms with Crippen molar-refractivity contribution in [2.75, 3.05) is 12.4 Å². The SMILES string of the molecule is COc1ccc(C(C)(C)NC(=O)Nc2ccccc2C#N)cc1. The Labute approximate surface area is 135 Å². The second-order valence-corrected chi connectivity index (χ2v) is 5.59. The van der Waals surface area contributed by atoms with Gasteiger partial charge in [0.05, 0.1) is 23.9 Å². The number of methoxy groups -OCH3 is 1. The van der Waals surface area contributed by atoms with Crippen LogP contribution in [0.15, 0.2) is 48.5 Å². The molecule has 0 spiro atoms. The van der Waals surface area contributed by atoms with Gasteiger partial charge in [-0.2, -0.15) is 5.26 Å². The molecule has 0 saturated heterocycles. The zero-order valence-corrected chi connectivity index (χ0v) is 13.4. The van der Waals surface area contributed by atoms with Gasteiger partial charge in [0.2, 0.25) is 0 Å². The van der Waals surface area contributed by atoms with Crippen LogP contribution in [0, 0.1) is 11.3 Å². The maximum Gasteiger partial charge on any atom is 0.319 e. The third-order valence-electron chi connectivity index (χ3n) is 3.53. The minimum atomic E-state index is -0.571. The lowest BCUT2D eigenvalue weighted by Gasteiger charge is -2.27. The van der Waals surface area contributed by atoms with Crippen LogP contribution in [0.3, 0.4) is 0 Å². The van der Waals surface area contributed by atoms with Crippen LogP contribution in [-0.4, -0.2) is 13.1 Å². The second kappa shape index (κ2) is 6.84. The number of nitriles is 1. The first-order valence-corrected chi connectivity index (χ1v) is 7.19. The van der Waals surface area contributed by atoms with E-state index in [0.717, 1.165) is 11.3 Å². The van der Waals surface area contributed by atoms with Crippen LogP contribution in [0.1, 0.15) is 25.0 Å². The molecule has 0 aliphatic rings. The van der Waals surface area contributed by atoms with Gasteiger partial charge in [-0.1, -0.05) is 24.3 Å². The standard InChI is InChI=1S/C18H19N3O2/c1-18(2,14-8-10-15(23-3)11-9-14)21-17(22)20-16-7-5-4-6-13(16)12-19/h4-11H,1-3H3,(H2,20,21,22). The average Bonchev–Trinajstić information content (AvgIpc) is 2.55. The molecule has 2 rings (SSSR count). The molecule has 0 radical (unpaired) electrons.